The highest BCUT2D eigenvalue weighted by Crippen LogP contribution is 2.39. The smallest absolute Gasteiger partial charge is 0.246 e. The number of rotatable bonds is 8. The molecule has 1 aliphatic heterocycles. The van der Waals surface area contributed by atoms with Crippen LogP contribution in [0.2, 0.25) is 15.1 Å². The molecule has 34 heavy (non-hydrogen) atoms. The van der Waals surface area contributed by atoms with E-state index in [4.69, 9.17) is 39.5 Å². The summed E-state index contributed by atoms with van der Waals surface area (Å²) in [4.78, 5) is 28.5. The Labute approximate surface area is 214 Å². The Hall–Kier alpha value is -2.25. The van der Waals surface area contributed by atoms with Gasteiger partial charge in [-0.15, -0.1) is 0 Å². The van der Waals surface area contributed by atoms with E-state index in [2.05, 4.69) is 6.58 Å². The minimum Gasteiger partial charge on any atom is -0.496 e. The van der Waals surface area contributed by atoms with Gasteiger partial charge in [0.25, 0.3) is 0 Å². The maximum absolute atomic E-state index is 13.1. The molecule has 9 heteroatoms. The van der Waals surface area contributed by atoms with Gasteiger partial charge in [-0.1, -0.05) is 41.4 Å². The van der Waals surface area contributed by atoms with Gasteiger partial charge in [0.2, 0.25) is 11.8 Å². The number of aryl methyl sites for hydroxylation is 1. The van der Waals surface area contributed by atoms with E-state index in [1.54, 1.807) is 41.2 Å². The molecule has 2 aromatic rings. The summed E-state index contributed by atoms with van der Waals surface area (Å²) in [5.74, 6) is 0.352. The molecule has 2 aromatic carbocycles. The van der Waals surface area contributed by atoms with Crippen LogP contribution in [-0.2, 0) is 16.0 Å². The summed E-state index contributed by atoms with van der Waals surface area (Å²) >= 11 is 19.1. The molecule has 0 aromatic heterocycles. The van der Waals surface area contributed by atoms with Gasteiger partial charge in [0, 0.05) is 53.8 Å². The highest BCUT2D eigenvalue weighted by atomic mass is 35.5. The average molecular weight is 526 g/mol. The van der Waals surface area contributed by atoms with Crippen LogP contribution in [0.1, 0.15) is 18.4 Å². The molecule has 0 saturated carbocycles. The quantitative estimate of drug-likeness (QED) is 0.500. The average Bonchev–Trinajstić information content (AvgIpc) is 2.84. The summed E-state index contributed by atoms with van der Waals surface area (Å²) in [6.45, 7) is 4.67. The monoisotopic (exact) mass is 524 g/mol. The Kier molecular flexibility index (Phi) is 9.25. The number of ether oxygens (including phenoxy) is 1. The third-order valence-electron chi connectivity index (χ3n) is 5.95. The molecule has 1 heterocycles. The zero-order valence-electron chi connectivity index (χ0n) is 18.9. The molecule has 0 radical (unpaired) electrons. The van der Waals surface area contributed by atoms with Crippen molar-refractivity contribution in [3.63, 3.8) is 0 Å². The molecular formula is C25H27Cl3N2O4. The first-order valence-electron chi connectivity index (χ1n) is 10.9. The van der Waals surface area contributed by atoms with E-state index in [-0.39, 0.29) is 30.9 Å². The maximum Gasteiger partial charge on any atom is 0.246 e. The first-order valence-corrected chi connectivity index (χ1v) is 12.1. The third kappa shape index (κ3) is 6.05. The number of carbonyl (C=O) groups is 2. The van der Waals surface area contributed by atoms with Gasteiger partial charge < -0.3 is 19.6 Å². The molecule has 182 valence electrons. The number of aliphatic hydroxyl groups is 1. The van der Waals surface area contributed by atoms with Crippen LogP contribution in [0.3, 0.4) is 0 Å². The van der Waals surface area contributed by atoms with Crippen LogP contribution >= 0.6 is 34.8 Å². The highest BCUT2D eigenvalue weighted by molar-refractivity contribution is 6.37. The minimum atomic E-state index is -0.247. The second-order valence-corrected chi connectivity index (χ2v) is 9.26. The fraction of sp³-hybridized carbons (Fsp3) is 0.360. The Bertz CT molecular complexity index is 1080. The highest BCUT2D eigenvalue weighted by Gasteiger charge is 2.31. The van der Waals surface area contributed by atoms with Crippen molar-refractivity contribution in [2.75, 3.05) is 33.4 Å². The third-order valence-corrected chi connectivity index (χ3v) is 6.83. The van der Waals surface area contributed by atoms with Crippen molar-refractivity contribution in [1.29, 1.82) is 0 Å². The predicted molar refractivity (Wildman–Crippen MR) is 136 cm³/mol. The van der Waals surface area contributed by atoms with Gasteiger partial charge in [-0.2, -0.15) is 0 Å². The lowest BCUT2D eigenvalue weighted by Crippen LogP contribution is -2.56. The maximum atomic E-state index is 13.1. The lowest BCUT2D eigenvalue weighted by Gasteiger charge is -2.41. The van der Waals surface area contributed by atoms with E-state index in [0.29, 0.717) is 64.4 Å². The zero-order valence-corrected chi connectivity index (χ0v) is 21.2. The topological polar surface area (TPSA) is 70.1 Å². The van der Waals surface area contributed by atoms with Crippen LogP contribution in [0, 0.1) is 0 Å². The molecule has 1 unspecified atom stereocenters. The van der Waals surface area contributed by atoms with E-state index in [1.165, 1.54) is 6.08 Å². The summed E-state index contributed by atoms with van der Waals surface area (Å²) in [7, 11) is 1.55. The van der Waals surface area contributed by atoms with E-state index >= 15 is 0 Å². The van der Waals surface area contributed by atoms with Crippen molar-refractivity contribution < 1.29 is 19.4 Å². The minimum absolute atomic E-state index is 0.0523. The first-order chi connectivity index (χ1) is 16.3. The van der Waals surface area contributed by atoms with Crippen LogP contribution in [0.5, 0.6) is 5.75 Å². The molecule has 0 aliphatic carbocycles. The molecule has 1 aliphatic rings. The Morgan fingerprint density at radius 1 is 1.15 bits per heavy atom. The Morgan fingerprint density at radius 2 is 1.88 bits per heavy atom. The van der Waals surface area contributed by atoms with E-state index in [1.807, 2.05) is 6.07 Å². The van der Waals surface area contributed by atoms with Crippen LogP contribution in [0.15, 0.2) is 43.0 Å². The zero-order chi connectivity index (χ0) is 24.8. The molecule has 2 amide bonds. The van der Waals surface area contributed by atoms with Gasteiger partial charge in [0.1, 0.15) is 5.75 Å². The Balaban J connectivity index is 1.80. The summed E-state index contributed by atoms with van der Waals surface area (Å²) in [6.07, 6.45) is 2.32. The number of hydrogen-bond donors (Lipinski definition) is 1. The molecular weight excluding hydrogens is 499 g/mol. The van der Waals surface area contributed by atoms with Gasteiger partial charge in [-0.05, 0) is 54.8 Å². The van der Waals surface area contributed by atoms with Crippen molar-refractivity contribution in [2.45, 2.75) is 25.3 Å². The lowest BCUT2D eigenvalue weighted by atomic mass is 9.99. The number of halogens is 3. The number of carbonyl (C=O) groups excluding carboxylic acids is 2. The van der Waals surface area contributed by atoms with Crippen LogP contribution in [0.4, 0.5) is 0 Å². The van der Waals surface area contributed by atoms with Crippen LogP contribution < -0.4 is 4.74 Å². The van der Waals surface area contributed by atoms with Crippen LogP contribution in [-0.4, -0.2) is 66.1 Å². The number of aliphatic hydroxyl groups excluding tert-OH is 1. The molecule has 0 spiro atoms. The van der Waals surface area contributed by atoms with E-state index in [0.717, 1.165) is 5.56 Å². The summed E-state index contributed by atoms with van der Waals surface area (Å²) < 4.78 is 5.51. The second-order valence-electron chi connectivity index (χ2n) is 8.01. The number of benzene rings is 2. The predicted octanol–water partition coefficient (Wildman–Crippen LogP) is 4.86. The number of piperazine rings is 1. The molecule has 3 rings (SSSR count). The molecule has 1 fully saturated rings. The summed E-state index contributed by atoms with van der Waals surface area (Å²) in [5, 5.41) is 11.0. The van der Waals surface area contributed by atoms with Gasteiger partial charge in [0.15, 0.2) is 0 Å². The van der Waals surface area contributed by atoms with Crippen molar-refractivity contribution >= 4 is 46.6 Å². The first kappa shape index (κ1) is 26.4. The fourth-order valence-electron chi connectivity index (χ4n) is 4.19. The van der Waals surface area contributed by atoms with Gasteiger partial charge in [-0.3, -0.25) is 9.59 Å². The molecule has 6 nitrogen and oxygen atoms in total. The van der Waals surface area contributed by atoms with Gasteiger partial charge in [0.05, 0.1) is 18.2 Å². The largest absolute Gasteiger partial charge is 0.496 e. The Morgan fingerprint density at radius 3 is 2.56 bits per heavy atom. The van der Waals surface area contributed by atoms with Crippen molar-refractivity contribution in [3.8, 4) is 16.9 Å². The SMILES string of the molecule is C=CC(=O)N1CCN(C(=O)CCc2cc(-c3cc(Cl)ccc3Cl)c(Cl)cc2OC)C(CCO)C1. The molecule has 1 saturated heterocycles. The van der Waals surface area contributed by atoms with E-state index in [9.17, 15) is 14.7 Å². The number of hydrogen-bond acceptors (Lipinski definition) is 4. The standard InChI is InChI=1S/C25H27Cl3N2O4/c1-3-24(32)29-9-10-30(18(15-29)8-11-31)25(33)7-4-16-12-19(22(28)14-23(16)34-2)20-13-17(26)5-6-21(20)27/h3,5-6,12-14,18,31H,1,4,7-11,15H2,2H3. The number of amides is 2. The van der Waals surface area contributed by atoms with Gasteiger partial charge in [-0.25, -0.2) is 0 Å². The van der Waals surface area contributed by atoms with Crippen molar-refractivity contribution in [1.82, 2.24) is 9.80 Å². The van der Waals surface area contributed by atoms with Crippen LogP contribution in [0.25, 0.3) is 11.1 Å². The molecule has 0 bridgehead atoms. The second kappa shape index (κ2) is 11.9. The van der Waals surface area contributed by atoms with Crippen molar-refractivity contribution in [2.24, 2.45) is 0 Å². The number of nitrogens with zero attached hydrogens (tertiary/aromatic N) is 2. The van der Waals surface area contributed by atoms with Gasteiger partial charge >= 0.3 is 0 Å². The lowest BCUT2D eigenvalue weighted by molar-refractivity contribution is -0.141. The van der Waals surface area contributed by atoms with Crippen molar-refractivity contribution in [3.05, 3.63) is 63.6 Å². The molecule has 1 atom stereocenters. The fourth-order valence-corrected chi connectivity index (χ4v) is 4.84. The number of methoxy groups -OCH3 is 1. The summed E-state index contributed by atoms with van der Waals surface area (Å²) in [5.41, 5.74) is 2.21. The van der Waals surface area contributed by atoms with E-state index < -0.39 is 0 Å². The molecule has 1 N–H and O–H groups in total. The summed E-state index contributed by atoms with van der Waals surface area (Å²) in [6, 6.07) is 8.50. The normalized spacial score (nSPS) is 15.9.